The van der Waals surface area contributed by atoms with Crippen LogP contribution in [0.2, 0.25) is 0 Å². The smallest absolute Gasteiger partial charge is 0.0366 e. The van der Waals surface area contributed by atoms with Crippen LogP contribution in [-0.4, -0.2) is 19.1 Å². The fourth-order valence-corrected chi connectivity index (χ4v) is 3.97. The van der Waals surface area contributed by atoms with Gasteiger partial charge < -0.3 is 10.2 Å². The van der Waals surface area contributed by atoms with Gasteiger partial charge in [0.05, 0.1) is 0 Å². The maximum absolute atomic E-state index is 3.73. The molecule has 0 radical (unpaired) electrons. The highest BCUT2D eigenvalue weighted by atomic mass is 32.1. The number of piperidine rings is 1. The summed E-state index contributed by atoms with van der Waals surface area (Å²) in [6.45, 7) is 7.75. The first-order chi connectivity index (χ1) is 10.2. The minimum atomic E-state index is 0.660. The molecule has 1 aromatic heterocycles. The Morgan fingerprint density at radius 1 is 1.14 bits per heavy atom. The molecule has 0 saturated carbocycles. The second kappa shape index (κ2) is 6.63. The molecule has 112 valence electrons. The summed E-state index contributed by atoms with van der Waals surface area (Å²) in [7, 11) is 0. The number of anilines is 1. The van der Waals surface area contributed by atoms with Crippen molar-refractivity contribution in [2.45, 2.75) is 39.3 Å². The van der Waals surface area contributed by atoms with Crippen molar-refractivity contribution in [3.8, 4) is 0 Å². The van der Waals surface area contributed by atoms with Gasteiger partial charge in [0.15, 0.2) is 0 Å². The van der Waals surface area contributed by atoms with Crippen molar-refractivity contribution in [2.24, 2.45) is 0 Å². The molecule has 2 nitrogen and oxygen atoms in total. The Morgan fingerprint density at radius 2 is 1.86 bits per heavy atom. The molecular formula is C18H24N2S. The number of para-hydroxylation sites is 1. The van der Waals surface area contributed by atoms with Crippen LogP contribution in [0, 0.1) is 13.8 Å². The molecule has 0 unspecified atom stereocenters. The van der Waals surface area contributed by atoms with Crippen molar-refractivity contribution in [3.63, 3.8) is 0 Å². The van der Waals surface area contributed by atoms with Gasteiger partial charge in [0, 0.05) is 41.1 Å². The van der Waals surface area contributed by atoms with E-state index in [9.17, 15) is 0 Å². The lowest BCUT2D eigenvalue weighted by Gasteiger charge is -2.34. The average Bonchev–Trinajstić information content (AvgIpc) is 2.85. The summed E-state index contributed by atoms with van der Waals surface area (Å²) in [5.41, 5.74) is 2.79. The van der Waals surface area contributed by atoms with E-state index < -0.39 is 0 Å². The van der Waals surface area contributed by atoms with E-state index in [1.807, 2.05) is 11.3 Å². The Morgan fingerprint density at radius 3 is 2.48 bits per heavy atom. The average molecular weight is 300 g/mol. The molecule has 0 spiro atoms. The lowest BCUT2D eigenvalue weighted by Crippen LogP contribution is -2.42. The predicted molar refractivity (Wildman–Crippen MR) is 92.3 cm³/mol. The van der Waals surface area contributed by atoms with Gasteiger partial charge in [-0.25, -0.2) is 0 Å². The molecule has 0 bridgehead atoms. The summed E-state index contributed by atoms with van der Waals surface area (Å²) >= 11 is 1.93. The molecule has 3 rings (SSSR count). The number of hydrogen-bond donors (Lipinski definition) is 1. The van der Waals surface area contributed by atoms with E-state index in [0.717, 1.165) is 19.6 Å². The molecule has 1 fully saturated rings. The van der Waals surface area contributed by atoms with Crippen LogP contribution < -0.4 is 10.2 Å². The number of nitrogens with one attached hydrogen (secondary N) is 1. The molecule has 0 aliphatic carbocycles. The molecule has 0 amide bonds. The highest BCUT2D eigenvalue weighted by Crippen LogP contribution is 2.22. The van der Waals surface area contributed by atoms with Gasteiger partial charge in [0.1, 0.15) is 0 Å². The standard InChI is InChI=1S/C18H24N2S/c1-14-12-18(21-15(14)2)13-19-16-8-10-20(11-9-16)17-6-4-3-5-7-17/h3-7,12,16,19H,8-11,13H2,1-2H3. The van der Waals surface area contributed by atoms with Gasteiger partial charge in [0.25, 0.3) is 0 Å². The summed E-state index contributed by atoms with van der Waals surface area (Å²) in [5, 5.41) is 3.73. The summed E-state index contributed by atoms with van der Waals surface area (Å²) < 4.78 is 0. The van der Waals surface area contributed by atoms with Gasteiger partial charge in [-0.05, 0) is 50.5 Å². The summed E-state index contributed by atoms with van der Waals surface area (Å²) in [4.78, 5) is 5.42. The molecule has 3 heteroatoms. The molecule has 2 aromatic rings. The Balaban J connectivity index is 1.48. The van der Waals surface area contributed by atoms with Gasteiger partial charge in [-0.2, -0.15) is 0 Å². The molecule has 0 atom stereocenters. The number of benzene rings is 1. The molecule has 1 aromatic carbocycles. The summed E-state index contributed by atoms with van der Waals surface area (Å²) in [5.74, 6) is 0. The summed E-state index contributed by atoms with van der Waals surface area (Å²) in [6, 6.07) is 13.8. The lowest BCUT2D eigenvalue weighted by atomic mass is 10.0. The van der Waals surface area contributed by atoms with Crippen molar-refractivity contribution >= 4 is 17.0 Å². The van der Waals surface area contributed by atoms with Crippen LogP contribution in [0.3, 0.4) is 0 Å². The zero-order valence-corrected chi connectivity index (χ0v) is 13.7. The minimum Gasteiger partial charge on any atom is -0.371 e. The number of hydrogen-bond acceptors (Lipinski definition) is 3. The van der Waals surface area contributed by atoms with Crippen molar-refractivity contribution in [2.75, 3.05) is 18.0 Å². The van der Waals surface area contributed by atoms with Crippen molar-refractivity contribution in [1.82, 2.24) is 5.32 Å². The van der Waals surface area contributed by atoms with Crippen LogP contribution in [0.5, 0.6) is 0 Å². The van der Waals surface area contributed by atoms with E-state index in [1.54, 1.807) is 0 Å². The van der Waals surface area contributed by atoms with E-state index in [2.05, 4.69) is 60.5 Å². The third kappa shape index (κ3) is 3.66. The normalized spacial score (nSPS) is 16.4. The van der Waals surface area contributed by atoms with Gasteiger partial charge >= 0.3 is 0 Å². The van der Waals surface area contributed by atoms with E-state index in [-0.39, 0.29) is 0 Å². The third-order valence-electron chi connectivity index (χ3n) is 4.40. The van der Waals surface area contributed by atoms with Gasteiger partial charge in [0.2, 0.25) is 0 Å². The highest BCUT2D eigenvalue weighted by molar-refractivity contribution is 7.12. The molecule has 21 heavy (non-hydrogen) atoms. The Labute approximate surface area is 131 Å². The van der Waals surface area contributed by atoms with Crippen LogP contribution in [-0.2, 0) is 6.54 Å². The fourth-order valence-electron chi connectivity index (χ4n) is 2.96. The van der Waals surface area contributed by atoms with Crippen LogP contribution in [0.1, 0.15) is 28.2 Å². The monoisotopic (exact) mass is 300 g/mol. The fraction of sp³-hybridized carbons (Fsp3) is 0.444. The molecule has 1 saturated heterocycles. The summed E-state index contributed by atoms with van der Waals surface area (Å²) in [6.07, 6.45) is 2.47. The SMILES string of the molecule is Cc1cc(CNC2CCN(c3ccccc3)CC2)sc1C. The van der Waals surface area contributed by atoms with E-state index >= 15 is 0 Å². The molecule has 1 aliphatic rings. The largest absolute Gasteiger partial charge is 0.371 e. The Bertz CT molecular complexity index is 549. The maximum Gasteiger partial charge on any atom is 0.0366 e. The van der Waals surface area contributed by atoms with Gasteiger partial charge in [-0.1, -0.05) is 18.2 Å². The number of aryl methyl sites for hydroxylation is 2. The van der Waals surface area contributed by atoms with Crippen molar-refractivity contribution in [1.29, 1.82) is 0 Å². The van der Waals surface area contributed by atoms with Gasteiger partial charge in [-0.3, -0.25) is 0 Å². The molecule has 2 heterocycles. The Hall–Kier alpha value is -1.32. The first kappa shape index (κ1) is 14.6. The highest BCUT2D eigenvalue weighted by Gasteiger charge is 2.19. The topological polar surface area (TPSA) is 15.3 Å². The second-order valence-electron chi connectivity index (χ2n) is 5.93. The quantitative estimate of drug-likeness (QED) is 0.913. The molecule has 1 aliphatic heterocycles. The van der Waals surface area contributed by atoms with Crippen molar-refractivity contribution < 1.29 is 0 Å². The number of thiophene rings is 1. The van der Waals surface area contributed by atoms with Crippen LogP contribution in [0.25, 0.3) is 0 Å². The lowest BCUT2D eigenvalue weighted by molar-refractivity contribution is 0.415. The van der Waals surface area contributed by atoms with Crippen LogP contribution >= 0.6 is 11.3 Å². The first-order valence-corrected chi connectivity index (χ1v) is 8.63. The number of nitrogens with zero attached hydrogens (tertiary/aromatic N) is 1. The zero-order chi connectivity index (χ0) is 14.7. The zero-order valence-electron chi connectivity index (χ0n) is 12.9. The first-order valence-electron chi connectivity index (χ1n) is 7.81. The van der Waals surface area contributed by atoms with E-state index in [0.29, 0.717) is 6.04 Å². The molecular weight excluding hydrogens is 276 g/mol. The Kier molecular flexibility index (Phi) is 4.61. The second-order valence-corrected chi connectivity index (χ2v) is 7.27. The molecule has 1 N–H and O–H groups in total. The van der Waals surface area contributed by atoms with Crippen molar-refractivity contribution in [3.05, 3.63) is 51.7 Å². The van der Waals surface area contributed by atoms with Crippen LogP contribution in [0.4, 0.5) is 5.69 Å². The van der Waals surface area contributed by atoms with Gasteiger partial charge in [-0.15, -0.1) is 11.3 Å². The predicted octanol–water partition coefficient (Wildman–Crippen LogP) is 4.12. The van der Waals surface area contributed by atoms with E-state index in [4.69, 9.17) is 0 Å². The van der Waals surface area contributed by atoms with Crippen LogP contribution in [0.15, 0.2) is 36.4 Å². The van der Waals surface area contributed by atoms with E-state index in [1.165, 1.54) is 33.8 Å². The maximum atomic E-state index is 3.73. The minimum absolute atomic E-state index is 0.660. The third-order valence-corrected chi connectivity index (χ3v) is 5.55. The number of rotatable bonds is 4.